The summed E-state index contributed by atoms with van der Waals surface area (Å²) in [6.45, 7) is 2.67. The van der Waals surface area contributed by atoms with Crippen molar-refractivity contribution in [1.82, 2.24) is 4.98 Å². The number of hydrogen-bond donors (Lipinski definition) is 4. The van der Waals surface area contributed by atoms with Crippen LogP contribution in [0.2, 0.25) is 0 Å². The number of ether oxygens (including phenoxy) is 1. The summed E-state index contributed by atoms with van der Waals surface area (Å²) in [7, 11) is -4.17. The molecule has 0 aliphatic rings. The predicted octanol–water partition coefficient (Wildman–Crippen LogP) is 2.15. The molecule has 0 fully saturated rings. The quantitative estimate of drug-likeness (QED) is 0.502. The summed E-state index contributed by atoms with van der Waals surface area (Å²) in [5.41, 5.74) is 0.909. The van der Waals surface area contributed by atoms with E-state index in [1.807, 2.05) is 6.92 Å². The Morgan fingerprint density at radius 1 is 1.40 bits per heavy atom. The number of carboxylic acids is 1. The molecule has 0 aliphatic heterocycles. The molecule has 1 aromatic heterocycles. The van der Waals surface area contributed by atoms with Gasteiger partial charge in [0.25, 0.3) is 0 Å². The van der Waals surface area contributed by atoms with E-state index >= 15 is 0 Å². The van der Waals surface area contributed by atoms with Crippen molar-refractivity contribution in [2.45, 2.75) is 31.3 Å². The first-order valence-corrected chi connectivity index (χ1v) is 9.30. The highest BCUT2D eigenvalue weighted by atomic mass is 32.2. The summed E-state index contributed by atoms with van der Waals surface area (Å²) in [6, 6.07) is 4.14. The lowest BCUT2D eigenvalue weighted by Gasteiger charge is -2.17. The van der Waals surface area contributed by atoms with Crippen LogP contribution in [0.3, 0.4) is 0 Å². The molecule has 0 saturated heterocycles. The molecule has 25 heavy (non-hydrogen) atoms. The molecular weight excluding hydrogens is 346 g/mol. The van der Waals surface area contributed by atoms with Crippen molar-refractivity contribution in [2.75, 3.05) is 11.9 Å². The lowest BCUT2D eigenvalue weighted by atomic mass is 10.1. The van der Waals surface area contributed by atoms with Crippen LogP contribution in [0.4, 0.5) is 5.69 Å². The second-order valence-corrected chi connectivity index (χ2v) is 7.02. The fourth-order valence-electron chi connectivity index (χ4n) is 2.22. The Balaban J connectivity index is 2.47. The zero-order valence-electron chi connectivity index (χ0n) is 13.8. The molecule has 0 saturated carbocycles. The Bertz CT molecular complexity index is 832. The van der Waals surface area contributed by atoms with Crippen molar-refractivity contribution >= 4 is 21.7 Å². The minimum absolute atomic E-state index is 0.0183. The average molecular weight is 367 g/mol. The maximum atomic E-state index is 11.9. The second-order valence-electron chi connectivity index (χ2n) is 5.49. The second kappa shape index (κ2) is 8.04. The lowest BCUT2D eigenvalue weighted by Crippen LogP contribution is -2.17. The number of benzene rings is 1. The number of rotatable bonds is 9. The van der Waals surface area contributed by atoms with Gasteiger partial charge in [0, 0.05) is 24.5 Å². The van der Waals surface area contributed by atoms with Crippen LogP contribution >= 0.6 is 0 Å². The number of nitrogens with two attached hydrogens (primary N) is 1. The van der Waals surface area contributed by atoms with Crippen LogP contribution in [0, 0.1) is 0 Å². The molecule has 9 heteroatoms. The Labute approximate surface area is 146 Å². The van der Waals surface area contributed by atoms with Gasteiger partial charge in [-0.2, -0.15) is 0 Å². The van der Waals surface area contributed by atoms with Gasteiger partial charge in [0.2, 0.25) is 10.0 Å². The van der Waals surface area contributed by atoms with Gasteiger partial charge < -0.3 is 20.1 Å². The molecular formula is C16H21N3O5S. The van der Waals surface area contributed by atoms with Gasteiger partial charge in [-0.05, 0) is 24.6 Å². The van der Waals surface area contributed by atoms with Gasteiger partial charge in [0.15, 0.2) is 5.75 Å². The van der Waals surface area contributed by atoms with Gasteiger partial charge in [0.05, 0.1) is 11.3 Å². The minimum Gasteiger partial charge on any atom is -0.485 e. The zero-order chi connectivity index (χ0) is 18.4. The third-order valence-corrected chi connectivity index (χ3v) is 4.42. The molecule has 0 radical (unpaired) electrons. The number of aromatic amines is 1. The van der Waals surface area contributed by atoms with Gasteiger partial charge in [-0.15, -0.1) is 0 Å². The molecule has 2 rings (SSSR count). The number of anilines is 1. The van der Waals surface area contributed by atoms with Crippen LogP contribution in [0.15, 0.2) is 35.5 Å². The van der Waals surface area contributed by atoms with Crippen LogP contribution in [-0.4, -0.2) is 31.0 Å². The molecule has 0 atom stereocenters. The number of carbonyl (C=O) groups is 1. The standard InChI is InChI=1S/C16H21N3O5S/c1-2-3-5-19-13-7-12(16(20)21)8-14(25(17,22)23)15(13)24-10-11-4-6-18-9-11/h4,6-9,18-19H,2-3,5,10H2,1H3,(H,20,21)(H2,17,22,23). The maximum absolute atomic E-state index is 11.9. The maximum Gasteiger partial charge on any atom is 0.335 e. The first-order valence-electron chi connectivity index (χ1n) is 7.75. The fraction of sp³-hybridized carbons (Fsp3) is 0.312. The molecule has 0 aliphatic carbocycles. The Morgan fingerprint density at radius 3 is 2.72 bits per heavy atom. The first-order chi connectivity index (χ1) is 11.8. The van der Waals surface area contributed by atoms with Crippen LogP contribution in [0.5, 0.6) is 5.75 Å². The minimum atomic E-state index is -4.17. The Hall–Kier alpha value is -2.52. The molecule has 8 nitrogen and oxygen atoms in total. The Kier molecular flexibility index (Phi) is 6.05. The molecule has 1 aromatic carbocycles. The molecule has 0 bridgehead atoms. The van der Waals surface area contributed by atoms with Crippen molar-refractivity contribution in [3.8, 4) is 5.75 Å². The van der Waals surface area contributed by atoms with Crippen LogP contribution in [0.25, 0.3) is 0 Å². The van der Waals surface area contributed by atoms with Gasteiger partial charge in [-0.3, -0.25) is 0 Å². The van der Waals surface area contributed by atoms with E-state index < -0.39 is 16.0 Å². The van der Waals surface area contributed by atoms with E-state index in [-0.39, 0.29) is 28.5 Å². The third-order valence-electron chi connectivity index (χ3n) is 3.50. The summed E-state index contributed by atoms with van der Waals surface area (Å²) in [5.74, 6) is -1.23. The fourth-order valence-corrected chi connectivity index (χ4v) is 2.94. The van der Waals surface area contributed by atoms with Crippen molar-refractivity contribution in [3.63, 3.8) is 0 Å². The number of aromatic carboxylic acids is 1. The molecule has 1 heterocycles. The third kappa shape index (κ3) is 4.97. The first kappa shape index (κ1) is 18.8. The number of nitrogens with one attached hydrogen (secondary N) is 2. The SMILES string of the molecule is CCCCNc1cc(C(=O)O)cc(S(N)(=O)=O)c1OCc1cc[nH]c1. The van der Waals surface area contributed by atoms with E-state index in [0.29, 0.717) is 6.54 Å². The molecule has 0 unspecified atom stereocenters. The predicted molar refractivity (Wildman–Crippen MR) is 93.3 cm³/mol. The highest BCUT2D eigenvalue weighted by Gasteiger charge is 2.23. The van der Waals surface area contributed by atoms with Crippen molar-refractivity contribution in [1.29, 1.82) is 0 Å². The number of H-pyrrole nitrogens is 1. The number of primary sulfonamides is 1. The molecule has 2 aromatic rings. The van der Waals surface area contributed by atoms with Crippen LogP contribution < -0.4 is 15.2 Å². The van der Waals surface area contributed by atoms with E-state index in [9.17, 15) is 18.3 Å². The van der Waals surface area contributed by atoms with Gasteiger partial charge in [0.1, 0.15) is 11.5 Å². The largest absolute Gasteiger partial charge is 0.485 e. The highest BCUT2D eigenvalue weighted by molar-refractivity contribution is 7.89. The van der Waals surface area contributed by atoms with Crippen LogP contribution in [-0.2, 0) is 16.6 Å². The smallest absolute Gasteiger partial charge is 0.335 e. The van der Waals surface area contributed by atoms with Crippen molar-refractivity contribution in [2.24, 2.45) is 5.14 Å². The van der Waals surface area contributed by atoms with E-state index in [0.717, 1.165) is 24.5 Å². The van der Waals surface area contributed by atoms with Gasteiger partial charge >= 0.3 is 5.97 Å². The summed E-state index contributed by atoms with van der Waals surface area (Å²) in [4.78, 5) is 13.8. The van der Waals surface area contributed by atoms with E-state index in [2.05, 4.69) is 10.3 Å². The summed E-state index contributed by atoms with van der Waals surface area (Å²) in [5, 5.41) is 17.5. The zero-order valence-corrected chi connectivity index (χ0v) is 14.6. The average Bonchev–Trinajstić information content (AvgIpc) is 3.05. The van der Waals surface area contributed by atoms with Crippen LogP contribution in [0.1, 0.15) is 35.7 Å². The summed E-state index contributed by atoms with van der Waals surface area (Å²) >= 11 is 0. The van der Waals surface area contributed by atoms with Crippen molar-refractivity contribution < 1.29 is 23.1 Å². The highest BCUT2D eigenvalue weighted by Crippen LogP contribution is 2.34. The normalized spacial score (nSPS) is 11.3. The number of carboxylic acid groups (broad SMARTS) is 1. The lowest BCUT2D eigenvalue weighted by molar-refractivity contribution is 0.0696. The molecule has 0 spiro atoms. The number of sulfonamides is 1. The molecule has 0 amide bonds. The van der Waals surface area contributed by atoms with E-state index in [1.54, 1.807) is 18.5 Å². The summed E-state index contributed by atoms with van der Waals surface area (Å²) < 4.78 is 29.6. The topological polar surface area (TPSA) is 135 Å². The van der Waals surface area contributed by atoms with E-state index in [4.69, 9.17) is 9.88 Å². The van der Waals surface area contributed by atoms with Gasteiger partial charge in [-0.1, -0.05) is 13.3 Å². The Morgan fingerprint density at radius 2 is 2.16 bits per heavy atom. The number of aromatic nitrogens is 1. The molecule has 136 valence electrons. The number of unbranched alkanes of at least 4 members (excludes halogenated alkanes) is 1. The van der Waals surface area contributed by atoms with E-state index in [1.165, 1.54) is 6.07 Å². The van der Waals surface area contributed by atoms with Crippen molar-refractivity contribution in [3.05, 3.63) is 41.7 Å². The monoisotopic (exact) mass is 367 g/mol. The number of hydrogen-bond acceptors (Lipinski definition) is 5. The summed E-state index contributed by atoms with van der Waals surface area (Å²) in [6.07, 6.45) is 5.19. The van der Waals surface area contributed by atoms with Gasteiger partial charge in [-0.25, -0.2) is 18.4 Å². The molecule has 5 N–H and O–H groups in total.